The van der Waals surface area contributed by atoms with Gasteiger partial charge in [-0.15, -0.1) is 0 Å². The highest BCUT2D eigenvalue weighted by atomic mass is 16.5. The van der Waals surface area contributed by atoms with E-state index in [1.54, 1.807) is 6.07 Å². The molecule has 3 N–H and O–H groups in total. The smallest absolute Gasteiger partial charge is 0.330 e. The topological polar surface area (TPSA) is 156 Å². The third kappa shape index (κ3) is 10.6. The standard InChI is InChI=1S/C33H49N5O7/c1-6-13-37(23(4)39)19-28(40)34-26(10-7-8-12-30(42)45-5)32(43)35-27-11-9-14-38(33(27)44)20-29(41)36-31-22(3)17-24-15-21(2)16-25(31)18-24/h8-9,11-12,14,21-22,24-26,31H,6-7,10,13,15-20H2,1-5H3,(H,34,40)(H,35,43)(H,36,41)/b12-8+/t21?,22?,24?,25?,26-,31?/m0/s1. The third-order valence-electron chi connectivity index (χ3n) is 8.82. The highest BCUT2D eigenvalue weighted by molar-refractivity contribution is 5.97. The first-order valence-electron chi connectivity index (χ1n) is 16.0. The van der Waals surface area contributed by atoms with E-state index in [-0.39, 0.29) is 49.5 Å². The summed E-state index contributed by atoms with van der Waals surface area (Å²) in [5.74, 6) is -0.0840. The number of esters is 1. The number of hydrogen-bond acceptors (Lipinski definition) is 7. The van der Waals surface area contributed by atoms with Crippen LogP contribution in [0.5, 0.6) is 0 Å². The molecule has 2 aliphatic carbocycles. The number of hydrogen-bond donors (Lipinski definition) is 3. The number of carbonyl (C=O) groups excluding carboxylic acids is 5. The van der Waals surface area contributed by atoms with Gasteiger partial charge in [0.2, 0.25) is 23.6 Å². The van der Waals surface area contributed by atoms with E-state index in [1.807, 2.05) is 6.92 Å². The molecule has 12 heteroatoms. The van der Waals surface area contributed by atoms with Crippen molar-refractivity contribution in [3.8, 4) is 0 Å². The lowest BCUT2D eigenvalue weighted by Gasteiger charge is -2.46. The molecule has 2 saturated carbocycles. The number of allylic oxidation sites excluding steroid dienone is 1. The maximum absolute atomic E-state index is 13.3. The maximum atomic E-state index is 13.3. The minimum absolute atomic E-state index is 0.0361. The molecule has 2 fully saturated rings. The van der Waals surface area contributed by atoms with Crippen LogP contribution in [0.1, 0.15) is 72.6 Å². The van der Waals surface area contributed by atoms with Crippen molar-refractivity contribution in [2.24, 2.45) is 23.7 Å². The second-order valence-corrected chi connectivity index (χ2v) is 12.7. The second-order valence-electron chi connectivity index (χ2n) is 12.7. The molecule has 0 radical (unpaired) electrons. The number of fused-ring (bicyclic) bond motifs is 2. The van der Waals surface area contributed by atoms with Crippen molar-refractivity contribution in [1.82, 2.24) is 20.1 Å². The molecule has 0 aliphatic heterocycles. The van der Waals surface area contributed by atoms with Crippen LogP contribution in [0, 0.1) is 23.7 Å². The van der Waals surface area contributed by atoms with Crippen molar-refractivity contribution in [1.29, 1.82) is 0 Å². The maximum Gasteiger partial charge on any atom is 0.330 e. The number of carbonyl (C=O) groups is 5. The monoisotopic (exact) mass is 627 g/mol. The average Bonchev–Trinajstić information content (AvgIpc) is 2.97. The fraction of sp³-hybridized carbons (Fsp3) is 0.636. The van der Waals surface area contributed by atoms with Gasteiger partial charge in [-0.05, 0) is 80.8 Å². The molecule has 248 valence electrons. The van der Waals surface area contributed by atoms with Gasteiger partial charge in [0.15, 0.2) is 0 Å². The van der Waals surface area contributed by atoms with Crippen molar-refractivity contribution in [3.05, 3.63) is 40.8 Å². The number of nitrogens with zero attached hydrogens (tertiary/aromatic N) is 2. The molecule has 1 heterocycles. The Balaban J connectivity index is 1.68. The summed E-state index contributed by atoms with van der Waals surface area (Å²) in [6, 6.07) is 2.02. The van der Waals surface area contributed by atoms with Gasteiger partial charge in [-0.25, -0.2) is 4.79 Å². The normalized spacial score (nSPS) is 23.1. The molecule has 4 amide bonds. The van der Waals surface area contributed by atoms with Crippen LogP contribution in [-0.2, 0) is 35.3 Å². The molecule has 2 aliphatic rings. The Morgan fingerprint density at radius 3 is 2.56 bits per heavy atom. The predicted octanol–water partition coefficient (Wildman–Crippen LogP) is 2.62. The van der Waals surface area contributed by atoms with Gasteiger partial charge in [0.1, 0.15) is 18.3 Å². The van der Waals surface area contributed by atoms with Crippen LogP contribution in [0.15, 0.2) is 35.3 Å². The summed E-state index contributed by atoms with van der Waals surface area (Å²) in [4.78, 5) is 77.3. The van der Waals surface area contributed by atoms with Crippen LogP contribution < -0.4 is 21.5 Å². The molecule has 12 nitrogen and oxygen atoms in total. The minimum atomic E-state index is -1.07. The number of rotatable bonds is 14. The molecule has 1 aromatic rings. The first kappa shape index (κ1) is 35.5. The van der Waals surface area contributed by atoms with Crippen molar-refractivity contribution in [2.75, 3.05) is 25.5 Å². The lowest BCUT2D eigenvalue weighted by atomic mass is 9.63. The van der Waals surface area contributed by atoms with E-state index in [2.05, 4.69) is 34.5 Å². The lowest BCUT2D eigenvalue weighted by Crippen LogP contribution is -2.51. The van der Waals surface area contributed by atoms with Crippen LogP contribution in [0.25, 0.3) is 0 Å². The number of methoxy groups -OCH3 is 1. The number of anilines is 1. The van der Waals surface area contributed by atoms with Crippen molar-refractivity contribution < 1.29 is 28.7 Å². The summed E-state index contributed by atoms with van der Waals surface area (Å²) < 4.78 is 5.84. The highest BCUT2D eigenvalue weighted by Crippen LogP contribution is 2.44. The summed E-state index contributed by atoms with van der Waals surface area (Å²) in [6.45, 7) is 7.69. The number of pyridine rings is 1. The van der Waals surface area contributed by atoms with Gasteiger partial charge in [-0.3, -0.25) is 24.0 Å². The molecule has 1 aromatic heterocycles. The van der Waals surface area contributed by atoms with E-state index in [1.165, 1.54) is 54.3 Å². The average molecular weight is 628 g/mol. The first-order valence-corrected chi connectivity index (χ1v) is 16.0. The summed E-state index contributed by atoms with van der Waals surface area (Å²) >= 11 is 0. The summed E-state index contributed by atoms with van der Waals surface area (Å²) in [5, 5.41) is 8.44. The molecule has 3 rings (SSSR count). The third-order valence-corrected chi connectivity index (χ3v) is 8.82. The number of ether oxygens (including phenoxy) is 1. The van der Waals surface area contributed by atoms with Crippen molar-refractivity contribution in [2.45, 2.75) is 91.3 Å². The Kier molecular flexibility index (Phi) is 13.4. The Morgan fingerprint density at radius 2 is 1.87 bits per heavy atom. The molecular formula is C33H49N5O7. The number of aromatic nitrogens is 1. The molecule has 0 aromatic carbocycles. The molecule has 5 unspecified atom stereocenters. The molecule has 0 spiro atoms. The lowest BCUT2D eigenvalue weighted by molar-refractivity contribution is -0.135. The van der Waals surface area contributed by atoms with E-state index >= 15 is 0 Å². The van der Waals surface area contributed by atoms with Gasteiger partial charge in [0.05, 0.1) is 13.7 Å². The van der Waals surface area contributed by atoms with Gasteiger partial charge in [0.25, 0.3) is 5.56 Å². The summed E-state index contributed by atoms with van der Waals surface area (Å²) in [5.41, 5.74) is -0.587. The predicted molar refractivity (Wildman–Crippen MR) is 170 cm³/mol. The largest absolute Gasteiger partial charge is 0.466 e. The minimum Gasteiger partial charge on any atom is -0.466 e. The van der Waals surface area contributed by atoms with E-state index in [0.717, 1.165) is 19.3 Å². The zero-order valence-electron chi connectivity index (χ0n) is 27.2. The van der Waals surface area contributed by atoms with Gasteiger partial charge < -0.3 is 30.2 Å². The van der Waals surface area contributed by atoms with Gasteiger partial charge in [0, 0.05) is 31.8 Å². The molecule has 6 atom stereocenters. The Hall–Kier alpha value is -3.96. The van der Waals surface area contributed by atoms with Crippen LogP contribution in [-0.4, -0.2) is 71.3 Å². The van der Waals surface area contributed by atoms with Crippen molar-refractivity contribution in [3.63, 3.8) is 0 Å². The van der Waals surface area contributed by atoms with Crippen molar-refractivity contribution >= 4 is 35.3 Å². The van der Waals surface area contributed by atoms with Crippen LogP contribution >= 0.6 is 0 Å². The first-order chi connectivity index (χ1) is 21.4. The van der Waals surface area contributed by atoms with Gasteiger partial charge >= 0.3 is 5.97 Å². The second kappa shape index (κ2) is 16.9. The number of amides is 4. The SMILES string of the molecule is CCCN(CC(=O)N[C@@H](CC/C=C/C(=O)OC)C(=O)Nc1cccn(CC(=O)NC2C(C)CC3CC(C)CC2C3)c1=O)C(C)=O. The van der Waals surface area contributed by atoms with Crippen LogP contribution in [0.4, 0.5) is 5.69 Å². The fourth-order valence-corrected chi connectivity index (χ4v) is 6.86. The fourth-order valence-electron chi connectivity index (χ4n) is 6.86. The molecule has 45 heavy (non-hydrogen) atoms. The van der Waals surface area contributed by atoms with Gasteiger partial charge in [-0.2, -0.15) is 0 Å². The highest BCUT2D eigenvalue weighted by Gasteiger charge is 2.40. The Morgan fingerprint density at radius 1 is 1.11 bits per heavy atom. The molecule has 0 saturated heterocycles. The van der Waals surface area contributed by atoms with E-state index < -0.39 is 29.4 Å². The van der Waals surface area contributed by atoms with E-state index in [4.69, 9.17) is 0 Å². The zero-order valence-corrected chi connectivity index (χ0v) is 27.2. The van der Waals surface area contributed by atoms with Gasteiger partial charge in [-0.1, -0.05) is 26.8 Å². The quantitative estimate of drug-likeness (QED) is 0.212. The van der Waals surface area contributed by atoms with E-state index in [0.29, 0.717) is 36.6 Å². The zero-order chi connectivity index (χ0) is 33.1. The molecular weight excluding hydrogens is 578 g/mol. The Labute approximate surface area is 265 Å². The van der Waals surface area contributed by atoms with Crippen LogP contribution in [0.3, 0.4) is 0 Å². The summed E-state index contributed by atoms with van der Waals surface area (Å²) in [7, 11) is 1.25. The Bertz CT molecular complexity index is 1300. The van der Waals surface area contributed by atoms with Crippen LogP contribution in [0.2, 0.25) is 0 Å². The summed E-state index contributed by atoms with van der Waals surface area (Å²) in [6.07, 6.45) is 9.83. The van der Waals surface area contributed by atoms with E-state index in [9.17, 15) is 28.8 Å². The number of nitrogens with one attached hydrogen (secondary N) is 3. The molecule has 2 bridgehead atoms.